The number of hydrogen-bond donors (Lipinski definition) is 2. The fourth-order valence-electron chi connectivity index (χ4n) is 1.96. The highest BCUT2D eigenvalue weighted by Gasteiger charge is 2.61. The molecule has 0 aliphatic heterocycles. The fraction of sp³-hybridized carbons (Fsp3) is 0.250. The number of aromatic nitrogens is 3. The van der Waals surface area contributed by atoms with Gasteiger partial charge < -0.3 is 5.73 Å². The summed E-state index contributed by atoms with van der Waals surface area (Å²) < 4.78 is 103. The van der Waals surface area contributed by atoms with E-state index in [1.807, 2.05) is 5.21 Å². The van der Waals surface area contributed by atoms with E-state index in [1.54, 1.807) is 0 Å². The Morgan fingerprint density at radius 1 is 0.960 bits per heavy atom. The molecule has 0 bridgehead atoms. The molecule has 0 radical (unpaired) electrons. The third kappa shape index (κ3) is 3.25. The number of alkyl halides is 8. The standard InChI is InChI=1S/C12H6F8N4O/c13-10(14,12(18,19)20)6-3-4(1-2-5(6)11(15,16)17)7-8(9(21)25)23-24-22-7/h1-3H,(H2,21,25)(H,22,23,24). The van der Waals surface area contributed by atoms with E-state index in [2.05, 4.69) is 10.2 Å². The van der Waals surface area contributed by atoms with Crippen molar-refractivity contribution in [3.63, 3.8) is 0 Å². The number of primary amides is 1. The Labute approximate surface area is 132 Å². The third-order valence-electron chi connectivity index (χ3n) is 3.07. The van der Waals surface area contributed by atoms with Crippen molar-refractivity contribution in [2.45, 2.75) is 18.3 Å². The van der Waals surface area contributed by atoms with Crippen LogP contribution in [0.2, 0.25) is 0 Å². The van der Waals surface area contributed by atoms with Crippen LogP contribution in [0.4, 0.5) is 35.1 Å². The van der Waals surface area contributed by atoms with Crippen LogP contribution in [0.15, 0.2) is 18.2 Å². The highest BCUT2D eigenvalue weighted by atomic mass is 19.4. The molecule has 0 atom stereocenters. The summed E-state index contributed by atoms with van der Waals surface area (Å²) in [5, 5.41) is 8.48. The third-order valence-corrected chi connectivity index (χ3v) is 3.07. The van der Waals surface area contributed by atoms with Gasteiger partial charge in [-0.25, -0.2) is 0 Å². The van der Waals surface area contributed by atoms with Gasteiger partial charge >= 0.3 is 18.3 Å². The maximum absolute atomic E-state index is 13.6. The molecule has 0 aliphatic carbocycles. The molecule has 136 valence electrons. The molecule has 0 saturated heterocycles. The van der Waals surface area contributed by atoms with Gasteiger partial charge in [-0.2, -0.15) is 50.5 Å². The molecule has 1 heterocycles. The normalized spacial score (nSPS) is 13.1. The van der Waals surface area contributed by atoms with E-state index < -0.39 is 52.3 Å². The Morgan fingerprint density at radius 3 is 2.04 bits per heavy atom. The van der Waals surface area contributed by atoms with Gasteiger partial charge in [0.1, 0.15) is 5.69 Å². The first-order valence-corrected chi connectivity index (χ1v) is 6.14. The lowest BCUT2D eigenvalue weighted by molar-refractivity contribution is -0.291. The molecule has 1 aromatic heterocycles. The fourth-order valence-corrected chi connectivity index (χ4v) is 1.96. The number of benzene rings is 1. The monoisotopic (exact) mass is 374 g/mol. The number of amides is 1. The second-order valence-electron chi connectivity index (χ2n) is 4.72. The minimum Gasteiger partial charge on any atom is -0.364 e. The molecule has 25 heavy (non-hydrogen) atoms. The van der Waals surface area contributed by atoms with E-state index in [1.165, 1.54) is 0 Å². The maximum Gasteiger partial charge on any atom is 0.458 e. The van der Waals surface area contributed by atoms with E-state index in [0.29, 0.717) is 6.07 Å². The van der Waals surface area contributed by atoms with Crippen molar-refractivity contribution >= 4 is 5.91 Å². The average molecular weight is 374 g/mol. The van der Waals surface area contributed by atoms with E-state index >= 15 is 0 Å². The van der Waals surface area contributed by atoms with Gasteiger partial charge in [-0.05, 0) is 12.1 Å². The van der Waals surface area contributed by atoms with Crippen molar-refractivity contribution in [3.05, 3.63) is 35.0 Å². The van der Waals surface area contributed by atoms with E-state index in [-0.39, 0.29) is 12.1 Å². The van der Waals surface area contributed by atoms with Gasteiger partial charge in [-0.3, -0.25) is 4.79 Å². The van der Waals surface area contributed by atoms with Crippen LogP contribution < -0.4 is 5.73 Å². The topological polar surface area (TPSA) is 84.7 Å². The van der Waals surface area contributed by atoms with Crippen molar-refractivity contribution in [1.29, 1.82) is 0 Å². The minimum atomic E-state index is -6.28. The Hall–Kier alpha value is -2.73. The van der Waals surface area contributed by atoms with Gasteiger partial charge in [0, 0.05) is 11.1 Å². The lowest BCUT2D eigenvalue weighted by Gasteiger charge is -2.24. The van der Waals surface area contributed by atoms with Crippen molar-refractivity contribution in [2.24, 2.45) is 5.73 Å². The molecule has 5 nitrogen and oxygen atoms in total. The molecule has 0 saturated carbocycles. The van der Waals surface area contributed by atoms with Crippen LogP contribution in [0.3, 0.4) is 0 Å². The van der Waals surface area contributed by atoms with E-state index in [4.69, 9.17) is 5.73 Å². The molecule has 3 N–H and O–H groups in total. The van der Waals surface area contributed by atoms with Crippen LogP contribution in [0.25, 0.3) is 11.3 Å². The summed E-state index contributed by atoms with van der Waals surface area (Å²) in [5.74, 6) is -7.02. The predicted molar refractivity (Wildman–Crippen MR) is 65.3 cm³/mol. The molecule has 0 unspecified atom stereocenters. The molecular weight excluding hydrogens is 368 g/mol. The highest BCUT2D eigenvalue weighted by Crippen LogP contribution is 2.49. The van der Waals surface area contributed by atoms with Crippen molar-refractivity contribution in [3.8, 4) is 11.3 Å². The first-order chi connectivity index (χ1) is 11.3. The average Bonchev–Trinajstić information content (AvgIpc) is 2.94. The highest BCUT2D eigenvalue weighted by molar-refractivity contribution is 5.96. The van der Waals surface area contributed by atoms with Crippen LogP contribution in [0, 0.1) is 0 Å². The minimum absolute atomic E-state index is 0.0315. The number of carbonyl (C=O) groups is 1. The van der Waals surface area contributed by atoms with Gasteiger partial charge in [0.25, 0.3) is 5.91 Å². The maximum atomic E-state index is 13.6. The first kappa shape index (κ1) is 18.6. The SMILES string of the molecule is NC(=O)c1n[nH]nc1-c1ccc(C(F)(F)F)c(C(F)(F)C(F)(F)F)c1. The van der Waals surface area contributed by atoms with Gasteiger partial charge in [0.2, 0.25) is 0 Å². The van der Waals surface area contributed by atoms with Crippen LogP contribution in [0.1, 0.15) is 21.6 Å². The molecule has 0 aliphatic rings. The Balaban J connectivity index is 2.75. The number of nitrogens with one attached hydrogen (secondary N) is 1. The van der Waals surface area contributed by atoms with Gasteiger partial charge in [0.15, 0.2) is 5.69 Å². The summed E-state index contributed by atoms with van der Waals surface area (Å²) in [6.07, 6.45) is -11.7. The lowest BCUT2D eigenvalue weighted by atomic mass is 9.96. The number of aromatic amines is 1. The summed E-state index contributed by atoms with van der Waals surface area (Å²) in [6, 6.07) is 0.549. The Morgan fingerprint density at radius 2 is 1.56 bits per heavy atom. The van der Waals surface area contributed by atoms with Crippen molar-refractivity contribution in [1.82, 2.24) is 15.4 Å². The van der Waals surface area contributed by atoms with Crippen LogP contribution in [-0.2, 0) is 12.1 Å². The molecular formula is C12H6F8N4O. The van der Waals surface area contributed by atoms with Crippen molar-refractivity contribution < 1.29 is 39.9 Å². The second-order valence-corrected chi connectivity index (χ2v) is 4.72. The number of halogens is 8. The molecule has 2 aromatic rings. The number of carbonyl (C=O) groups excluding carboxylic acids is 1. The summed E-state index contributed by atoms with van der Waals surface area (Å²) in [5.41, 5.74) is -1.43. The van der Waals surface area contributed by atoms with Crippen LogP contribution in [-0.4, -0.2) is 27.5 Å². The number of H-pyrrole nitrogens is 1. The molecule has 0 fully saturated rings. The van der Waals surface area contributed by atoms with Gasteiger partial charge in [-0.1, -0.05) is 6.07 Å². The van der Waals surface area contributed by atoms with Gasteiger partial charge in [-0.15, -0.1) is 0 Å². The smallest absolute Gasteiger partial charge is 0.364 e. The second kappa shape index (κ2) is 5.67. The van der Waals surface area contributed by atoms with E-state index in [0.717, 1.165) is 0 Å². The Bertz CT molecular complexity index is 808. The summed E-state index contributed by atoms with van der Waals surface area (Å²) in [4.78, 5) is 11.1. The number of nitrogens with zero attached hydrogens (tertiary/aromatic N) is 2. The number of nitrogens with two attached hydrogens (primary N) is 1. The largest absolute Gasteiger partial charge is 0.458 e. The molecule has 1 amide bonds. The number of rotatable bonds is 3. The number of hydrogen-bond acceptors (Lipinski definition) is 3. The molecule has 13 heteroatoms. The first-order valence-electron chi connectivity index (χ1n) is 6.14. The lowest BCUT2D eigenvalue weighted by Crippen LogP contribution is -2.35. The Kier molecular flexibility index (Phi) is 4.22. The molecule has 0 spiro atoms. The summed E-state index contributed by atoms with van der Waals surface area (Å²) >= 11 is 0. The predicted octanol–water partition coefficient (Wildman–Crippen LogP) is 3.24. The summed E-state index contributed by atoms with van der Waals surface area (Å²) in [7, 11) is 0. The van der Waals surface area contributed by atoms with Crippen LogP contribution in [0.5, 0.6) is 0 Å². The molecule has 1 aromatic carbocycles. The van der Waals surface area contributed by atoms with E-state index in [9.17, 15) is 39.9 Å². The van der Waals surface area contributed by atoms with Crippen LogP contribution >= 0.6 is 0 Å². The zero-order chi connectivity index (χ0) is 19.2. The quantitative estimate of drug-likeness (QED) is 0.809. The van der Waals surface area contributed by atoms with Gasteiger partial charge in [0.05, 0.1) is 5.56 Å². The van der Waals surface area contributed by atoms with Crippen molar-refractivity contribution in [2.75, 3.05) is 0 Å². The molecule has 2 rings (SSSR count). The zero-order valence-electron chi connectivity index (χ0n) is 11.6. The zero-order valence-corrected chi connectivity index (χ0v) is 11.6. The summed E-state index contributed by atoms with van der Waals surface area (Å²) in [6.45, 7) is 0.